The minimum atomic E-state index is 0.706. The van der Waals surface area contributed by atoms with Gasteiger partial charge in [0.05, 0.1) is 35.6 Å². The summed E-state index contributed by atoms with van der Waals surface area (Å²) in [5, 5.41) is 6.95. The van der Waals surface area contributed by atoms with Gasteiger partial charge < -0.3 is 20.1 Å². The molecule has 0 saturated heterocycles. The van der Waals surface area contributed by atoms with Crippen LogP contribution >= 0.6 is 0 Å². The van der Waals surface area contributed by atoms with E-state index in [4.69, 9.17) is 19.4 Å². The van der Waals surface area contributed by atoms with Crippen LogP contribution in [0.1, 0.15) is 129 Å². The van der Waals surface area contributed by atoms with Crippen LogP contribution in [0.2, 0.25) is 0 Å². The first-order chi connectivity index (χ1) is 20.8. The summed E-state index contributed by atoms with van der Waals surface area (Å²) in [4.78, 5) is 9.58. The van der Waals surface area contributed by atoms with Crippen molar-refractivity contribution in [2.24, 2.45) is 0 Å². The van der Waals surface area contributed by atoms with Crippen LogP contribution in [0.25, 0.3) is 11.0 Å². The summed E-state index contributed by atoms with van der Waals surface area (Å²) < 4.78 is 12.7. The summed E-state index contributed by atoms with van der Waals surface area (Å²) in [5.74, 6) is 3.07. The Morgan fingerprint density at radius 2 is 0.857 bits per heavy atom. The van der Waals surface area contributed by atoms with Crippen LogP contribution in [0.15, 0.2) is 36.4 Å². The zero-order valence-corrected chi connectivity index (χ0v) is 26.3. The Hall–Kier alpha value is -3.02. The number of benzene rings is 2. The molecule has 3 aromatic rings. The second-order valence-electron chi connectivity index (χ2n) is 11.9. The van der Waals surface area contributed by atoms with E-state index in [1.807, 2.05) is 24.3 Å². The number of aromatic nitrogens is 2. The van der Waals surface area contributed by atoms with Gasteiger partial charge in [-0.3, -0.25) is 0 Å². The molecular formula is C36H54N4O2. The SMILES string of the molecule is CCCCCCCCCCCOc1cc2c(cc1OCCCCCCCCCCC)Nc1nc3ccccc3nc1N2. The van der Waals surface area contributed by atoms with E-state index < -0.39 is 0 Å². The van der Waals surface area contributed by atoms with Crippen molar-refractivity contribution >= 4 is 34.0 Å². The van der Waals surface area contributed by atoms with Gasteiger partial charge in [0, 0.05) is 12.1 Å². The number of unbranched alkanes of at least 4 members (excludes halogenated alkanes) is 16. The molecule has 0 saturated carbocycles. The summed E-state index contributed by atoms with van der Waals surface area (Å²) in [6, 6.07) is 12.1. The maximum absolute atomic E-state index is 6.33. The lowest BCUT2D eigenvalue weighted by atomic mass is 10.1. The fourth-order valence-corrected chi connectivity index (χ4v) is 5.61. The number of fused-ring (bicyclic) bond motifs is 3. The lowest BCUT2D eigenvalue weighted by Crippen LogP contribution is -2.11. The van der Waals surface area contributed by atoms with Gasteiger partial charge in [-0.2, -0.15) is 0 Å². The third-order valence-corrected chi connectivity index (χ3v) is 8.17. The number of nitrogens with one attached hydrogen (secondary N) is 2. The monoisotopic (exact) mass is 574 g/mol. The maximum atomic E-state index is 6.33. The average Bonchev–Trinajstić information content (AvgIpc) is 3.01. The molecular weight excluding hydrogens is 520 g/mol. The molecule has 1 aromatic heterocycles. The summed E-state index contributed by atoms with van der Waals surface area (Å²) in [6.07, 6.45) is 23.4. The quantitative estimate of drug-likeness (QED) is 0.0910. The van der Waals surface area contributed by atoms with Crippen molar-refractivity contribution in [3.63, 3.8) is 0 Å². The summed E-state index contributed by atoms with van der Waals surface area (Å²) in [7, 11) is 0. The van der Waals surface area contributed by atoms with E-state index in [9.17, 15) is 0 Å². The van der Waals surface area contributed by atoms with E-state index in [2.05, 4.69) is 36.6 Å². The first kappa shape index (κ1) is 31.9. The third-order valence-electron chi connectivity index (χ3n) is 8.17. The number of hydrogen-bond acceptors (Lipinski definition) is 6. The molecule has 2 aromatic carbocycles. The van der Waals surface area contributed by atoms with Gasteiger partial charge in [0.25, 0.3) is 0 Å². The number of anilines is 4. The molecule has 0 atom stereocenters. The Balaban J connectivity index is 1.30. The molecule has 0 spiro atoms. The highest BCUT2D eigenvalue weighted by Crippen LogP contribution is 2.43. The molecule has 6 nitrogen and oxygen atoms in total. The fourth-order valence-electron chi connectivity index (χ4n) is 5.61. The molecule has 4 rings (SSSR count). The van der Waals surface area contributed by atoms with Gasteiger partial charge in [-0.05, 0) is 25.0 Å². The molecule has 2 heterocycles. The molecule has 0 bridgehead atoms. The zero-order valence-electron chi connectivity index (χ0n) is 26.3. The van der Waals surface area contributed by atoms with Gasteiger partial charge >= 0.3 is 0 Å². The Kier molecular flexibility index (Phi) is 14.1. The van der Waals surface area contributed by atoms with Gasteiger partial charge in [0.15, 0.2) is 23.1 Å². The predicted octanol–water partition coefficient (Wildman–Crippen LogP) is 11.2. The standard InChI is InChI=1S/C36H54N4O2/c1-3-5-7-9-11-13-15-17-21-25-41-33-27-31-32(28-34(33)42-26-22-18-16-14-12-10-8-6-4-2)40-36-35(39-31)37-29-23-19-20-24-30(29)38-36/h19-20,23-24,27-28H,3-18,21-22,25-26H2,1-2H3,(H,37,39)(H,38,40). The fraction of sp³-hybridized carbons (Fsp3) is 0.611. The highest BCUT2D eigenvalue weighted by molar-refractivity contribution is 5.91. The number of para-hydroxylation sites is 2. The van der Waals surface area contributed by atoms with Crippen molar-refractivity contribution in [2.45, 2.75) is 129 Å². The van der Waals surface area contributed by atoms with Gasteiger partial charge in [0.2, 0.25) is 0 Å². The molecule has 42 heavy (non-hydrogen) atoms. The number of rotatable bonds is 22. The molecule has 230 valence electrons. The van der Waals surface area contributed by atoms with Gasteiger partial charge in [-0.25, -0.2) is 9.97 Å². The Labute approximate surface area is 254 Å². The van der Waals surface area contributed by atoms with Crippen LogP contribution in [-0.4, -0.2) is 23.2 Å². The second-order valence-corrected chi connectivity index (χ2v) is 11.9. The predicted molar refractivity (Wildman–Crippen MR) is 178 cm³/mol. The summed E-state index contributed by atoms with van der Waals surface area (Å²) in [5.41, 5.74) is 3.61. The normalized spacial score (nSPS) is 12.0. The maximum Gasteiger partial charge on any atom is 0.174 e. The summed E-state index contributed by atoms with van der Waals surface area (Å²) >= 11 is 0. The van der Waals surface area contributed by atoms with E-state index in [1.54, 1.807) is 0 Å². The topological polar surface area (TPSA) is 68.3 Å². The Morgan fingerprint density at radius 3 is 1.24 bits per heavy atom. The third kappa shape index (κ3) is 10.4. The van der Waals surface area contributed by atoms with E-state index >= 15 is 0 Å². The van der Waals surface area contributed by atoms with Crippen LogP contribution in [-0.2, 0) is 0 Å². The van der Waals surface area contributed by atoms with Gasteiger partial charge in [-0.15, -0.1) is 0 Å². The van der Waals surface area contributed by atoms with E-state index in [1.165, 1.54) is 103 Å². The van der Waals surface area contributed by atoms with Crippen LogP contribution in [0.3, 0.4) is 0 Å². The first-order valence-electron chi connectivity index (χ1n) is 17.0. The van der Waals surface area contributed by atoms with Crippen molar-refractivity contribution in [1.82, 2.24) is 9.97 Å². The highest BCUT2D eigenvalue weighted by atomic mass is 16.5. The summed E-state index contributed by atoms with van der Waals surface area (Å²) in [6.45, 7) is 5.96. The van der Waals surface area contributed by atoms with Gasteiger partial charge in [0.1, 0.15) is 0 Å². The van der Waals surface area contributed by atoms with Crippen molar-refractivity contribution in [3.05, 3.63) is 36.4 Å². The molecule has 1 aliphatic heterocycles. The molecule has 2 N–H and O–H groups in total. The Bertz CT molecular complexity index is 1110. The minimum Gasteiger partial charge on any atom is -0.490 e. The molecule has 0 amide bonds. The smallest absolute Gasteiger partial charge is 0.174 e. The molecule has 1 aliphatic rings. The molecule has 0 fully saturated rings. The molecule has 0 radical (unpaired) electrons. The molecule has 6 heteroatoms. The van der Waals surface area contributed by atoms with Crippen molar-refractivity contribution in [3.8, 4) is 11.5 Å². The number of hydrogen-bond donors (Lipinski definition) is 2. The van der Waals surface area contributed by atoms with Crippen molar-refractivity contribution in [2.75, 3.05) is 23.8 Å². The van der Waals surface area contributed by atoms with Crippen LogP contribution < -0.4 is 20.1 Å². The van der Waals surface area contributed by atoms with E-state index in [0.717, 1.165) is 58.4 Å². The first-order valence-corrected chi connectivity index (χ1v) is 17.0. The van der Waals surface area contributed by atoms with Gasteiger partial charge in [-0.1, -0.05) is 129 Å². The van der Waals surface area contributed by atoms with Crippen molar-refractivity contribution in [1.29, 1.82) is 0 Å². The number of nitrogens with zero attached hydrogens (tertiary/aromatic N) is 2. The zero-order chi connectivity index (χ0) is 29.2. The average molecular weight is 575 g/mol. The molecule has 0 unspecified atom stereocenters. The van der Waals surface area contributed by atoms with Crippen LogP contribution in [0.4, 0.5) is 23.0 Å². The van der Waals surface area contributed by atoms with E-state index in [0.29, 0.717) is 13.2 Å². The lowest BCUT2D eigenvalue weighted by Gasteiger charge is -2.24. The second kappa shape index (κ2) is 18.5. The molecule has 0 aliphatic carbocycles. The van der Waals surface area contributed by atoms with Crippen LogP contribution in [0.5, 0.6) is 11.5 Å². The van der Waals surface area contributed by atoms with E-state index in [-0.39, 0.29) is 0 Å². The van der Waals surface area contributed by atoms with Crippen molar-refractivity contribution < 1.29 is 9.47 Å². The highest BCUT2D eigenvalue weighted by Gasteiger charge is 2.21. The largest absolute Gasteiger partial charge is 0.490 e. The van der Waals surface area contributed by atoms with Crippen LogP contribution in [0, 0.1) is 0 Å². The minimum absolute atomic E-state index is 0.706. The Morgan fingerprint density at radius 1 is 0.500 bits per heavy atom. The lowest BCUT2D eigenvalue weighted by molar-refractivity contribution is 0.258. The number of ether oxygens (including phenoxy) is 2.